The molecule has 0 aromatic heterocycles. The first-order chi connectivity index (χ1) is 11.3. The first kappa shape index (κ1) is 14.0. The molecule has 2 aliphatic rings. The number of likely N-dealkylation sites (tertiary alicyclic amines) is 1. The van der Waals surface area contributed by atoms with Crippen molar-refractivity contribution in [1.29, 1.82) is 0 Å². The molecule has 4 nitrogen and oxygen atoms in total. The molecule has 4 rings (SSSR count). The lowest BCUT2D eigenvalue weighted by molar-refractivity contribution is 0.0725. The van der Waals surface area contributed by atoms with Crippen LogP contribution in [0.15, 0.2) is 47.6 Å². The highest BCUT2D eigenvalue weighted by Gasteiger charge is 2.30. The van der Waals surface area contributed by atoms with E-state index in [2.05, 4.69) is 5.16 Å². The van der Waals surface area contributed by atoms with Crippen molar-refractivity contribution in [1.82, 2.24) is 4.90 Å². The molecule has 1 amide bonds. The maximum atomic E-state index is 13.0. The number of fused-ring (bicyclic) bond motifs is 3. The van der Waals surface area contributed by atoms with Crippen LogP contribution >= 0.6 is 0 Å². The molecule has 4 heteroatoms. The molecule has 1 N–H and O–H groups in total. The van der Waals surface area contributed by atoms with Crippen LogP contribution in [0, 0.1) is 0 Å². The molecular formula is C19H18N2O2. The number of benzene rings is 2. The normalized spacial score (nSPS) is 17.9. The SMILES string of the molecule is O=C(c1cccc2c1-c1ccccc1/C2=N/O)N1CCCCC1. The Bertz CT molecular complexity index is 805. The molecule has 2 aromatic rings. The van der Waals surface area contributed by atoms with Crippen molar-refractivity contribution in [2.45, 2.75) is 19.3 Å². The van der Waals surface area contributed by atoms with Crippen molar-refractivity contribution in [2.75, 3.05) is 13.1 Å². The molecule has 0 atom stereocenters. The maximum absolute atomic E-state index is 13.0. The summed E-state index contributed by atoms with van der Waals surface area (Å²) < 4.78 is 0. The highest BCUT2D eigenvalue weighted by Crippen LogP contribution is 2.39. The van der Waals surface area contributed by atoms with E-state index in [0.717, 1.165) is 48.2 Å². The Morgan fingerprint density at radius 2 is 1.61 bits per heavy atom. The van der Waals surface area contributed by atoms with Crippen molar-refractivity contribution in [2.24, 2.45) is 5.16 Å². The van der Waals surface area contributed by atoms with Gasteiger partial charge in [0.1, 0.15) is 5.71 Å². The van der Waals surface area contributed by atoms with E-state index >= 15 is 0 Å². The summed E-state index contributed by atoms with van der Waals surface area (Å²) in [5, 5.41) is 12.9. The van der Waals surface area contributed by atoms with E-state index in [9.17, 15) is 10.0 Å². The van der Waals surface area contributed by atoms with E-state index in [-0.39, 0.29) is 5.91 Å². The summed E-state index contributed by atoms with van der Waals surface area (Å²) in [4.78, 5) is 14.9. The van der Waals surface area contributed by atoms with Crippen LogP contribution in [0.4, 0.5) is 0 Å². The van der Waals surface area contributed by atoms with E-state index in [0.29, 0.717) is 11.3 Å². The molecular weight excluding hydrogens is 288 g/mol. The van der Waals surface area contributed by atoms with Gasteiger partial charge in [-0.1, -0.05) is 41.6 Å². The minimum absolute atomic E-state index is 0.0792. The van der Waals surface area contributed by atoms with Crippen LogP contribution in [-0.4, -0.2) is 34.8 Å². The topological polar surface area (TPSA) is 52.9 Å². The van der Waals surface area contributed by atoms with Gasteiger partial charge >= 0.3 is 0 Å². The number of piperidine rings is 1. The van der Waals surface area contributed by atoms with Gasteiger partial charge in [0.05, 0.1) is 0 Å². The zero-order chi connectivity index (χ0) is 15.8. The number of carbonyl (C=O) groups excluding carboxylic acids is 1. The monoisotopic (exact) mass is 306 g/mol. The summed E-state index contributed by atoms with van der Waals surface area (Å²) in [5.74, 6) is 0.0792. The molecule has 1 aliphatic carbocycles. The zero-order valence-corrected chi connectivity index (χ0v) is 12.8. The largest absolute Gasteiger partial charge is 0.410 e. The van der Waals surface area contributed by atoms with E-state index in [4.69, 9.17) is 0 Å². The third-order valence-electron chi connectivity index (χ3n) is 4.74. The lowest BCUT2D eigenvalue weighted by atomic mass is 9.98. The molecule has 2 aromatic carbocycles. The van der Waals surface area contributed by atoms with Crippen molar-refractivity contribution in [3.63, 3.8) is 0 Å². The van der Waals surface area contributed by atoms with E-state index in [1.807, 2.05) is 47.4 Å². The fraction of sp³-hybridized carbons (Fsp3) is 0.263. The summed E-state index contributed by atoms with van der Waals surface area (Å²) in [6.07, 6.45) is 3.34. The fourth-order valence-corrected chi connectivity index (χ4v) is 3.65. The van der Waals surface area contributed by atoms with E-state index in [1.165, 1.54) is 6.42 Å². The Hall–Kier alpha value is -2.62. The second-order valence-electron chi connectivity index (χ2n) is 6.08. The van der Waals surface area contributed by atoms with Gasteiger partial charge in [0.25, 0.3) is 5.91 Å². The third kappa shape index (κ3) is 2.13. The Morgan fingerprint density at radius 1 is 0.913 bits per heavy atom. The molecule has 0 unspecified atom stereocenters. The second kappa shape index (κ2) is 5.54. The smallest absolute Gasteiger partial charge is 0.254 e. The Balaban J connectivity index is 1.87. The van der Waals surface area contributed by atoms with Gasteiger partial charge in [0, 0.05) is 35.3 Å². The van der Waals surface area contributed by atoms with Gasteiger partial charge in [-0.05, 0) is 30.9 Å². The first-order valence-electron chi connectivity index (χ1n) is 8.06. The number of carbonyl (C=O) groups is 1. The molecule has 0 bridgehead atoms. The van der Waals surface area contributed by atoms with Crippen molar-refractivity contribution in [3.8, 4) is 11.1 Å². The Labute approximate surface area is 135 Å². The molecule has 116 valence electrons. The molecule has 0 saturated carbocycles. The number of hydrogen-bond donors (Lipinski definition) is 1. The second-order valence-corrected chi connectivity index (χ2v) is 6.08. The minimum Gasteiger partial charge on any atom is -0.410 e. The van der Waals surface area contributed by atoms with E-state index < -0.39 is 0 Å². The van der Waals surface area contributed by atoms with Gasteiger partial charge in [0.15, 0.2) is 0 Å². The average molecular weight is 306 g/mol. The van der Waals surface area contributed by atoms with Gasteiger partial charge in [-0.3, -0.25) is 4.79 Å². The quantitative estimate of drug-likeness (QED) is 0.552. The van der Waals surface area contributed by atoms with Crippen LogP contribution in [0.3, 0.4) is 0 Å². The summed E-state index contributed by atoms with van der Waals surface area (Å²) >= 11 is 0. The van der Waals surface area contributed by atoms with Crippen LogP contribution in [0.1, 0.15) is 40.7 Å². The van der Waals surface area contributed by atoms with Crippen LogP contribution in [0.2, 0.25) is 0 Å². The third-order valence-corrected chi connectivity index (χ3v) is 4.74. The fourth-order valence-electron chi connectivity index (χ4n) is 3.65. The number of oxime groups is 1. The van der Waals surface area contributed by atoms with Crippen molar-refractivity contribution >= 4 is 11.6 Å². The number of nitrogens with zero attached hydrogens (tertiary/aromatic N) is 2. The number of hydrogen-bond acceptors (Lipinski definition) is 3. The minimum atomic E-state index is 0.0792. The summed E-state index contributed by atoms with van der Waals surface area (Å²) in [6.45, 7) is 1.65. The standard InChI is InChI=1S/C19H18N2O2/c22-19(21-11-4-1-5-12-21)16-10-6-9-15-17(16)13-7-2-3-8-14(13)18(15)20-23/h2-3,6-10,23H,1,4-5,11-12H2/b20-18-. The molecule has 1 heterocycles. The zero-order valence-electron chi connectivity index (χ0n) is 12.8. The van der Waals surface area contributed by atoms with Crippen LogP contribution < -0.4 is 0 Å². The summed E-state index contributed by atoms with van der Waals surface area (Å²) in [5.41, 5.74) is 4.82. The van der Waals surface area contributed by atoms with Gasteiger partial charge in [0.2, 0.25) is 0 Å². The predicted octanol–water partition coefficient (Wildman–Crippen LogP) is 3.52. The summed E-state index contributed by atoms with van der Waals surface area (Å²) in [6, 6.07) is 13.4. The van der Waals surface area contributed by atoms with Gasteiger partial charge in [-0.15, -0.1) is 0 Å². The Morgan fingerprint density at radius 3 is 2.35 bits per heavy atom. The van der Waals surface area contributed by atoms with Crippen molar-refractivity contribution < 1.29 is 10.0 Å². The predicted molar refractivity (Wildman–Crippen MR) is 89.1 cm³/mol. The molecule has 1 aliphatic heterocycles. The lowest BCUT2D eigenvalue weighted by Gasteiger charge is -2.27. The summed E-state index contributed by atoms with van der Waals surface area (Å²) in [7, 11) is 0. The molecule has 23 heavy (non-hydrogen) atoms. The number of rotatable bonds is 1. The van der Waals surface area contributed by atoms with Crippen molar-refractivity contribution in [3.05, 3.63) is 59.2 Å². The van der Waals surface area contributed by atoms with Gasteiger partial charge in [-0.25, -0.2) is 0 Å². The highest BCUT2D eigenvalue weighted by molar-refractivity contribution is 6.26. The number of amides is 1. The molecule has 1 fully saturated rings. The van der Waals surface area contributed by atoms with Gasteiger partial charge < -0.3 is 10.1 Å². The molecule has 0 radical (unpaired) electrons. The van der Waals surface area contributed by atoms with Crippen LogP contribution in [0.25, 0.3) is 11.1 Å². The van der Waals surface area contributed by atoms with E-state index in [1.54, 1.807) is 0 Å². The van der Waals surface area contributed by atoms with Crippen LogP contribution in [0.5, 0.6) is 0 Å². The molecule has 1 saturated heterocycles. The Kier molecular flexibility index (Phi) is 3.37. The average Bonchev–Trinajstić information content (AvgIpc) is 2.95. The van der Waals surface area contributed by atoms with Crippen LogP contribution in [-0.2, 0) is 0 Å². The lowest BCUT2D eigenvalue weighted by Crippen LogP contribution is -2.35. The highest BCUT2D eigenvalue weighted by atomic mass is 16.4. The molecule has 0 spiro atoms. The first-order valence-corrected chi connectivity index (χ1v) is 8.06. The maximum Gasteiger partial charge on any atom is 0.254 e. The van der Waals surface area contributed by atoms with Gasteiger partial charge in [-0.2, -0.15) is 0 Å².